The number of benzene rings is 2. The number of hydrogen-bond donors (Lipinski definition) is 2. The Labute approximate surface area is 144 Å². The number of aryl methyl sites for hydroxylation is 1. The first kappa shape index (κ1) is 18.4. The van der Waals surface area contributed by atoms with Gasteiger partial charge in [-0.3, -0.25) is 9.59 Å². The molecule has 0 unspecified atom stereocenters. The number of hydrogen-bond acceptors (Lipinski definition) is 4. The van der Waals surface area contributed by atoms with E-state index in [4.69, 9.17) is 9.47 Å². The van der Waals surface area contributed by atoms with Crippen molar-refractivity contribution in [3.63, 3.8) is 0 Å². The van der Waals surface area contributed by atoms with Gasteiger partial charge in [0.05, 0.1) is 12.8 Å². The van der Waals surface area contributed by atoms with Crippen molar-refractivity contribution in [2.75, 3.05) is 31.5 Å². The van der Waals surface area contributed by atoms with Crippen LogP contribution in [0.25, 0.3) is 0 Å². The molecule has 0 radical (unpaired) electrons. The molecule has 0 aromatic heterocycles. The second-order valence-corrected chi connectivity index (χ2v) is 5.31. The van der Waals surface area contributed by atoms with Crippen LogP contribution in [0.4, 0.5) is 15.8 Å². The standard InChI is InChI=1S/C18H19FN2O4/c1-11-4-5-12(19)8-14(11)18(23)20-13-6-7-15(16(9-13)25-3)21-17(22)10-24-2/h4-9H,10H2,1-3H3,(H,20,23)(H,21,22). The fourth-order valence-electron chi connectivity index (χ4n) is 2.23. The summed E-state index contributed by atoms with van der Waals surface area (Å²) >= 11 is 0. The van der Waals surface area contributed by atoms with Gasteiger partial charge in [-0.05, 0) is 36.8 Å². The Bertz CT molecular complexity index is 793. The van der Waals surface area contributed by atoms with Crippen LogP contribution in [0.5, 0.6) is 5.75 Å². The van der Waals surface area contributed by atoms with Crippen molar-refractivity contribution in [2.45, 2.75) is 6.92 Å². The largest absolute Gasteiger partial charge is 0.494 e. The average molecular weight is 346 g/mol. The summed E-state index contributed by atoms with van der Waals surface area (Å²) in [5, 5.41) is 5.32. The van der Waals surface area contributed by atoms with E-state index in [0.717, 1.165) is 0 Å². The van der Waals surface area contributed by atoms with Gasteiger partial charge in [0.25, 0.3) is 5.91 Å². The van der Waals surface area contributed by atoms with E-state index in [1.54, 1.807) is 31.2 Å². The molecule has 0 aliphatic heterocycles. The average Bonchev–Trinajstić information content (AvgIpc) is 2.58. The first-order chi connectivity index (χ1) is 11.9. The molecular weight excluding hydrogens is 327 g/mol. The van der Waals surface area contributed by atoms with E-state index in [0.29, 0.717) is 22.7 Å². The van der Waals surface area contributed by atoms with Gasteiger partial charge < -0.3 is 20.1 Å². The smallest absolute Gasteiger partial charge is 0.256 e. The van der Waals surface area contributed by atoms with E-state index < -0.39 is 11.7 Å². The molecule has 0 heterocycles. The lowest BCUT2D eigenvalue weighted by atomic mass is 10.1. The second-order valence-electron chi connectivity index (χ2n) is 5.31. The quantitative estimate of drug-likeness (QED) is 0.843. The van der Waals surface area contributed by atoms with E-state index in [-0.39, 0.29) is 18.1 Å². The zero-order valence-corrected chi connectivity index (χ0v) is 14.2. The van der Waals surface area contributed by atoms with Crippen molar-refractivity contribution in [1.82, 2.24) is 0 Å². The second kappa shape index (κ2) is 8.25. The fourth-order valence-corrected chi connectivity index (χ4v) is 2.23. The molecule has 0 atom stereocenters. The van der Waals surface area contributed by atoms with Crippen molar-refractivity contribution in [3.8, 4) is 5.75 Å². The fraction of sp³-hybridized carbons (Fsp3) is 0.222. The lowest BCUT2D eigenvalue weighted by Crippen LogP contribution is -2.18. The predicted molar refractivity (Wildman–Crippen MR) is 92.6 cm³/mol. The zero-order chi connectivity index (χ0) is 18.4. The molecule has 0 saturated heterocycles. The van der Waals surface area contributed by atoms with Gasteiger partial charge in [-0.2, -0.15) is 0 Å². The predicted octanol–water partition coefficient (Wildman–Crippen LogP) is 2.98. The number of halogens is 1. The number of carbonyl (C=O) groups excluding carboxylic acids is 2. The Morgan fingerprint density at radius 1 is 1.08 bits per heavy atom. The normalized spacial score (nSPS) is 10.2. The van der Waals surface area contributed by atoms with Crippen LogP contribution in [0, 0.1) is 12.7 Å². The molecule has 132 valence electrons. The summed E-state index contributed by atoms with van der Waals surface area (Å²) in [5.41, 5.74) is 1.81. The summed E-state index contributed by atoms with van der Waals surface area (Å²) < 4.78 is 23.3. The molecule has 0 aliphatic rings. The number of methoxy groups -OCH3 is 2. The van der Waals surface area contributed by atoms with E-state index in [9.17, 15) is 14.0 Å². The molecular formula is C18H19FN2O4. The molecule has 2 amide bonds. The Morgan fingerprint density at radius 2 is 1.84 bits per heavy atom. The number of amides is 2. The van der Waals surface area contributed by atoms with Crippen molar-refractivity contribution in [1.29, 1.82) is 0 Å². The third kappa shape index (κ3) is 4.77. The van der Waals surface area contributed by atoms with Gasteiger partial charge in [-0.1, -0.05) is 6.07 Å². The highest BCUT2D eigenvalue weighted by Crippen LogP contribution is 2.28. The van der Waals surface area contributed by atoms with Gasteiger partial charge in [-0.15, -0.1) is 0 Å². The SMILES string of the molecule is COCC(=O)Nc1ccc(NC(=O)c2cc(F)ccc2C)cc1OC. The molecule has 0 bridgehead atoms. The van der Waals surface area contributed by atoms with Crippen LogP contribution >= 0.6 is 0 Å². The van der Waals surface area contributed by atoms with E-state index in [1.807, 2.05) is 0 Å². The summed E-state index contributed by atoms with van der Waals surface area (Å²) in [5.74, 6) is -0.869. The van der Waals surface area contributed by atoms with Crippen LogP contribution in [0.2, 0.25) is 0 Å². The Balaban J connectivity index is 2.18. The zero-order valence-electron chi connectivity index (χ0n) is 14.2. The van der Waals surface area contributed by atoms with E-state index >= 15 is 0 Å². The molecule has 25 heavy (non-hydrogen) atoms. The van der Waals surface area contributed by atoms with Crippen molar-refractivity contribution >= 4 is 23.2 Å². The maximum Gasteiger partial charge on any atom is 0.256 e. The highest BCUT2D eigenvalue weighted by atomic mass is 19.1. The van der Waals surface area contributed by atoms with Gasteiger partial charge in [0, 0.05) is 24.4 Å². The Hall–Kier alpha value is -2.93. The highest BCUT2D eigenvalue weighted by molar-refractivity contribution is 6.05. The minimum atomic E-state index is -0.482. The Morgan fingerprint density at radius 3 is 2.52 bits per heavy atom. The van der Waals surface area contributed by atoms with Gasteiger partial charge in [0.15, 0.2) is 0 Å². The van der Waals surface area contributed by atoms with Gasteiger partial charge >= 0.3 is 0 Å². The van der Waals surface area contributed by atoms with E-state index in [2.05, 4.69) is 10.6 Å². The van der Waals surface area contributed by atoms with Crippen LogP contribution in [-0.4, -0.2) is 32.6 Å². The monoisotopic (exact) mass is 346 g/mol. The molecule has 7 heteroatoms. The maximum atomic E-state index is 13.4. The number of rotatable bonds is 6. The van der Waals surface area contributed by atoms with Gasteiger partial charge in [-0.25, -0.2) is 4.39 Å². The van der Waals surface area contributed by atoms with Gasteiger partial charge in [0.2, 0.25) is 5.91 Å². The van der Waals surface area contributed by atoms with Crippen LogP contribution in [0.3, 0.4) is 0 Å². The Kier molecular flexibility index (Phi) is 6.08. The minimum absolute atomic E-state index is 0.0828. The number of ether oxygens (including phenoxy) is 2. The number of carbonyl (C=O) groups is 2. The molecule has 0 saturated carbocycles. The van der Waals surface area contributed by atoms with Crippen LogP contribution in [0.15, 0.2) is 36.4 Å². The minimum Gasteiger partial charge on any atom is -0.494 e. The van der Waals surface area contributed by atoms with Gasteiger partial charge in [0.1, 0.15) is 18.2 Å². The molecule has 6 nitrogen and oxygen atoms in total. The molecule has 2 aromatic rings. The van der Waals surface area contributed by atoms with Crippen molar-refractivity contribution in [3.05, 3.63) is 53.3 Å². The third-order valence-corrected chi connectivity index (χ3v) is 3.45. The van der Waals surface area contributed by atoms with Crippen LogP contribution in [0.1, 0.15) is 15.9 Å². The summed E-state index contributed by atoms with van der Waals surface area (Å²) in [6, 6.07) is 8.79. The first-order valence-corrected chi connectivity index (χ1v) is 7.49. The maximum absolute atomic E-state index is 13.4. The number of nitrogens with one attached hydrogen (secondary N) is 2. The van der Waals surface area contributed by atoms with E-state index in [1.165, 1.54) is 26.4 Å². The molecule has 0 fully saturated rings. The summed E-state index contributed by atoms with van der Waals surface area (Å²) in [4.78, 5) is 23.9. The molecule has 0 aliphatic carbocycles. The summed E-state index contributed by atoms with van der Waals surface area (Å²) in [6.45, 7) is 1.64. The highest BCUT2D eigenvalue weighted by Gasteiger charge is 2.13. The van der Waals surface area contributed by atoms with Crippen LogP contribution in [-0.2, 0) is 9.53 Å². The lowest BCUT2D eigenvalue weighted by molar-refractivity contribution is -0.119. The number of anilines is 2. The third-order valence-electron chi connectivity index (χ3n) is 3.45. The summed E-state index contributed by atoms with van der Waals surface area (Å²) in [6.07, 6.45) is 0. The molecule has 2 N–H and O–H groups in total. The molecule has 2 rings (SSSR count). The molecule has 2 aromatic carbocycles. The van der Waals surface area contributed by atoms with Crippen molar-refractivity contribution in [2.24, 2.45) is 0 Å². The first-order valence-electron chi connectivity index (χ1n) is 7.49. The van der Waals surface area contributed by atoms with Crippen LogP contribution < -0.4 is 15.4 Å². The lowest BCUT2D eigenvalue weighted by Gasteiger charge is -2.13. The molecule has 0 spiro atoms. The topological polar surface area (TPSA) is 76.7 Å². The summed E-state index contributed by atoms with van der Waals surface area (Å²) in [7, 11) is 2.87. The van der Waals surface area contributed by atoms with Crippen molar-refractivity contribution < 1.29 is 23.5 Å².